The molecule has 9 nitrogen and oxygen atoms in total. The van der Waals surface area contributed by atoms with E-state index < -0.39 is 33.9 Å². The second-order valence-corrected chi connectivity index (χ2v) is 9.92. The number of hydrogen-bond acceptors (Lipinski definition) is 6. The van der Waals surface area contributed by atoms with Crippen LogP contribution in [0.4, 0.5) is 11.5 Å². The fraction of sp³-hybridized carbons (Fsp3) is 0.0435. The highest BCUT2D eigenvalue weighted by molar-refractivity contribution is 7.99. The Balaban J connectivity index is 1.77. The highest BCUT2D eigenvalue weighted by atomic mass is 35.5. The first kappa shape index (κ1) is 25.7. The van der Waals surface area contributed by atoms with E-state index >= 15 is 0 Å². The summed E-state index contributed by atoms with van der Waals surface area (Å²) in [6.07, 6.45) is 0.915. The van der Waals surface area contributed by atoms with E-state index in [1.165, 1.54) is 54.7 Å². The lowest BCUT2D eigenvalue weighted by Gasteiger charge is -2.13. The third-order valence-electron chi connectivity index (χ3n) is 4.46. The molecule has 0 aliphatic carbocycles. The molecule has 178 valence electrons. The first-order valence-corrected chi connectivity index (χ1v) is 12.3. The molecule has 35 heavy (non-hydrogen) atoms. The van der Waals surface area contributed by atoms with Crippen LogP contribution in [0, 0.1) is 11.3 Å². The molecular weight excluding hydrogens is 513 g/mol. The first-order valence-electron chi connectivity index (χ1n) is 9.78. The van der Waals surface area contributed by atoms with E-state index in [4.69, 9.17) is 28.5 Å². The van der Waals surface area contributed by atoms with E-state index in [1.54, 1.807) is 12.1 Å². The summed E-state index contributed by atoms with van der Waals surface area (Å²) < 4.78 is 14.8. The van der Waals surface area contributed by atoms with Gasteiger partial charge in [0.05, 0.1) is 32.1 Å². The number of benzene rings is 2. The van der Waals surface area contributed by atoms with Crippen LogP contribution < -0.4 is 15.4 Å². The van der Waals surface area contributed by atoms with Gasteiger partial charge in [-0.15, -0.1) is 0 Å². The molecule has 0 fully saturated rings. The topological polar surface area (TPSA) is 141 Å². The van der Waals surface area contributed by atoms with Gasteiger partial charge in [0.1, 0.15) is 12.2 Å². The Hall–Kier alpha value is -3.91. The van der Waals surface area contributed by atoms with Crippen LogP contribution in [-0.4, -0.2) is 32.8 Å². The zero-order valence-corrected chi connectivity index (χ0v) is 20.2. The fourth-order valence-electron chi connectivity index (χ4n) is 2.82. The van der Waals surface area contributed by atoms with Gasteiger partial charge in [-0.25, -0.2) is 9.19 Å². The molecule has 3 rings (SSSR count). The molecule has 1 atom stereocenters. The van der Waals surface area contributed by atoms with Crippen molar-refractivity contribution in [3.8, 4) is 6.07 Å². The van der Waals surface area contributed by atoms with Gasteiger partial charge in [-0.2, -0.15) is 5.26 Å². The summed E-state index contributed by atoms with van der Waals surface area (Å²) >= 11 is 11.9. The minimum atomic E-state index is -3.20. The van der Waals surface area contributed by atoms with E-state index in [0.29, 0.717) is 5.02 Å². The number of hydrogen-bond donors (Lipinski definition) is 3. The van der Waals surface area contributed by atoms with Crippen LogP contribution in [0.15, 0.2) is 65.7 Å². The quantitative estimate of drug-likeness (QED) is 0.396. The third-order valence-corrected chi connectivity index (χ3v) is 6.51. The number of carbonyl (C=O) groups excluding carboxylic acids is 3. The zero-order valence-electron chi connectivity index (χ0n) is 17.9. The molecule has 2 aromatic carbocycles. The number of anilines is 2. The fourth-order valence-corrected chi connectivity index (χ4v) is 4.24. The number of rotatable bonds is 7. The molecule has 0 radical (unpaired) electrons. The van der Waals surface area contributed by atoms with E-state index in [1.807, 2.05) is 0 Å². The Bertz CT molecular complexity index is 1430. The highest BCUT2D eigenvalue weighted by Gasteiger charge is 2.17. The third kappa shape index (κ3) is 6.80. The van der Waals surface area contributed by atoms with Gasteiger partial charge in [0, 0.05) is 21.7 Å². The molecule has 0 aliphatic heterocycles. The summed E-state index contributed by atoms with van der Waals surface area (Å²) in [5.74, 6) is 1.92. The molecule has 0 aliphatic rings. The molecule has 12 heteroatoms. The van der Waals surface area contributed by atoms with Crippen LogP contribution in [0.2, 0.25) is 10.0 Å². The molecule has 1 unspecified atom stereocenters. The van der Waals surface area contributed by atoms with Gasteiger partial charge in [-0.3, -0.25) is 19.1 Å². The second kappa shape index (κ2) is 11.0. The van der Waals surface area contributed by atoms with E-state index in [0.717, 1.165) is 0 Å². The van der Waals surface area contributed by atoms with Crippen LogP contribution in [-0.2, 0) is 14.5 Å². The van der Waals surface area contributed by atoms with Gasteiger partial charge in [-0.1, -0.05) is 23.2 Å². The number of nitriles is 1. The number of nitrogens with one attached hydrogen (secondary N) is 3. The molecule has 1 heterocycles. The van der Waals surface area contributed by atoms with Crippen LogP contribution >= 0.6 is 23.2 Å². The molecule has 0 saturated carbocycles. The maximum absolute atomic E-state index is 12.8. The summed E-state index contributed by atoms with van der Waals surface area (Å²) in [6.45, 7) is 0. The molecule has 3 amide bonds. The Labute approximate surface area is 211 Å². The lowest BCUT2D eigenvalue weighted by Crippen LogP contribution is -2.29. The molecular formula is C23H17Cl2N5O4S. The summed E-state index contributed by atoms with van der Waals surface area (Å²) in [5.41, 5.74) is 0.479. The largest absolute Gasteiger partial charge is 0.321 e. The SMILES string of the molecule is C=S(=O)(NC(=O)CC#N)c1ccc(C(=O)Nc2ccc(Cl)cc2C(=O)Nc2ccc(Cl)cn2)cc1. The Morgan fingerprint density at radius 2 is 1.66 bits per heavy atom. The zero-order chi connectivity index (χ0) is 25.6. The predicted molar refractivity (Wildman–Crippen MR) is 135 cm³/mol. The average Bonchev–Trinajstić information content (AvgIpc) is 2.81. The Morgan fingerprint density at radius 1 is 0.971 bits per heavy atom. The smallest absolute Gasteiger partial charge is 0.258 e. The van der Waals surface area contributed by atoms with Crippen molar-refractivity contribution in [1.82, 2.24) is 9.71 Å². The van der Waals surface area contributed by atoms with Crippen LogP contribution in [0.1, 0.15) is 27.1 Å². The van der Waals surface area contributed by atoms with Crippen molar-refractivity contribution in [3.63, 3.8) is 0 Å². The lowest BCUT2D eigenvalue weighted by atomic mass is 10.1. The van der Waals surface area contributed by atoms with Crippen molar-refractivity contribution < 1.29 is 18.6 Å². The van der Waals surface area contributed by atoms with Gasteiger partial charge in [-0.05, 0) is 60.5 Å². The maximum Gasteiger partial charge on any atom is 0.258 e. The summed E-state index contributed by atoms with van der Waals surface area (Å²) in [4.78, 5) is 41.3. The minimum Gasteiger partial charge on any atom is -0.321 e. The normalized spacial score (nSPS) is 12.0. The van der Waals surface area contributed by atoms with Gasteiger partial charge >= 0.3 is 0 Å². The molecule has 0 spiro atoms. The molecule has 1 aromatic heterocycles. The Kier molecular flexibility index (Phi) is 8.09. The van der Waals surface area contributed by atoms with Crippen molar-refractivity contribution in [2.45, 2.75) is 11.3 Å². The first-order chi connectivity index (χ1) is 16.6. The minimum absolute atomic E-state index is 0.0974. The number of nitrogens with zero attached hydrogens (tertiary/aromatic N) is 2. The monoisotopic (exact) mass is 529 g/mol. The number of aromatic nitrogens is 1. The van der Waals surface area contributed by atoms with Crippen molar-refractivity contribution >= 4 is 68.0 Å². The summed E-state index contributed by atoms with van der Waals surface area (Å²) in [7, 11) is -3.20. The van der Waals surface area contributed by atoms with E-state index in [9.17, 15) is 18.6 Å². The highest BCUT2D eigenvalue weighted by Crippen LogP contribution is 2.23. The second-order valence-electron chi connectivity index (χ2n) is 7.02. The summed E-state index contributed by atoms with van der Waals surface area (Å²) in [6, 6.07) is 14.7. The Morgan fingerprint density at radius 3 is 2.29 bits per heavy atom. The van der Waals surface area contributed by atoms with Gasteiger partial charge in [0.2, 0.25) is 5.91 Å². The van der Waals surface area contributed by atoms with Crippen molar-refractivity contribution in [2.24, 2.45) is 0 Å². The van der Waals surface area contributed by atoms with Crippen LogP contribution in [0.5, 0.6) is 0 Å². The average molecular weight is 530 g/mol. The van der Waals surface area contributed by atoms with Crippen LogP contribution in [0.3, 0.4) is 0 Å². The van der Waals surface area contributed by atoms with E-state index in [-0.39, 0.29) is 32.6 Å². The van der Waals surface area contributed by atoms with Crippen molar-refractivity contribution in [1.29, 1.82) is 5.26 Å². The van der Waals surface area contributed by atoms with Gasteiger partial charge < -0.3 is 10.6 Å². The molecule has 3 aromatic rings. The standard InChI is InChI=1S/C23H17Cl2N5O4S/c1-35(34,30-21(31)10-11-26)17-6-2-14(3-7-17)22(32)28-19-8-4-15(24)12-18(19)23(33)29-20-9-5-16(25)13-27-20/h2-9,12-13H,1,10H2,(H,28,32)(H,27,29,33)(H,30,31,34). The van der Waals surface area contributed by atoms with Gasteiger partial charge in [0.15, 0.2) is 0 Å². The number of pyridine rings is 1. The predicted octanol–water partition coefficient (Wildman–Crippen LogP) is 3.91. The van der Waals surface area contributed by atoms with E-state index in [2.05, 4.69) is 26.2 Å². The molecule has 3 N–H and O–H groups in total. The van der Waals surface area contributed by atoms with Crippen LogP contribution in [0.25, 0.3) is 0 Å². The lowest BCUT2D eigenvalue weighted by molar-refractivity contribution is -0.118. The van der Waals surface area contributed by atoms with Gasteiger partial charge in [0.25, 0.3) is 11.8 Å². The van der Waals surface area contributed by atoms with Crippen molar-refractivity contribution in [3.05, 3.63) is 82.0 Å². The maximum atomic E-state index is 12.8. The number of amides is 3. The molecule has 0 bridgehead atoms. The van der Waals surface area contributed by atoms with Crippen molar-refractivity contribution in [2.75, 3.05) is 10.6 Å². The number of halogens is 2. The number of carbonyl (C=O) groups is 3. The summed E-state index contributed by atoms with van der Waals surface area (Å²) in [5, 5.41) is 14.5. The molecule has 0 saturated heterocycles.